The monoisotopic (exact) mass is 489 g/mol. The first-order valence-corrected chi connectivity index (χ1v) is 12.3. The number of benzene rings is 3. The van der Waals surface area contributed by atoms with E-state index in [1.807, 2.05) is 68.4 Å². The molecule has 0 spiro atoms. The molecule has 1 N–H and O–H groups in total. The SMILES string of the molecule is CCc1ccc(OC(C)CCOc2ccc(CCC(=O)O)c(C)c2)c(C(=NOC)c2ccccc2)c1. The number of carboxylic acid groups (broad SMARTS) is 1. The number of hydrogen-bond acceptors (Lipinski definition) is 5. The second-order valence-corrected chi connectivity index (χ2v) is 8.72. The fourth-order valence-corrected chi connectivity index (χ4v) is 3.93. The molecule has 0 heterocycles. The first-order chi connectivity index (χ1) is 17.4. The average Bonchev–Trinajstić information content (AvgIpc) is 2.87. The molecule has 36 heavy (non-hydrogen) atoms. The number of aryl methyl sites for hydroxylation is 3. The van der Waals surface area contributed by atoms with Crippen LogP contribution >= 0.6 is 0 Å². The molecule has 0 saturated carbocycles. The van der Waals surface area contributed by atoms with Crippen LogP contribution in [0, 0.1) is 6.92 Å². The van der Waals surface area contributed by atoms with Crippen molar-refractivity contribution in [2.45, 2.75) is 52.6 Å². The molecule has 190 valence electrons. The van der Waals surface area contributed by atoms with E-state index in [2.05, 4.69) is 24.2 Å². The minimum absolute atomic E-state index is 0.0910. The maximum absolute atomic E-state index is 10.8. The Morgan fingerprint density at radius 1 is 1.06 bits per heavy atom. The minimum atomic E-state index is -0.791. The van der Waals surface area contributed by atoms with Crippen molar-refractivity contribution in [3.05, 3.63) is 94.5 Å². The number of ether oxygens (including phenoxy) is 2. The van der Waals surface area contributed by atoms with E-state index >= 15 is 0 Å². The Hall–Kier alpha value is -3.80. The first-order valence-electron chi connectivity index (χ1n) is 12.3. The van der Waals surface area contributed by atoms with Crippen LogP contribution in [-0.4, -0.2) is 36.6 Å². The van der Waals surface area contributed by atoms with E-state index in [0.29, 0.717) is 19.4 Å². The Labute approximate surface area is 213 Å². The number of oxime groups is 1. The number of carboxylic acids is 1. The zero-order valence-corrected chi connectivity index (χ0v) is 21.5. The van der Waals surface area contributed by atoms with Crippen LogP contribution in [0.25, 0.3) is 0 Å². The lowest BCUT2D eigenvalue weighted by Crippen LogP contribution is -2.18. The zero-order valence-electron chi connectivity index (χ0n) is 21.5. The molecule has 3 aromatic rings. The summed E-state index contributed by atoms with van der Waals surface area (Å²) >= 11 is 0. The van der Waals surface area contributed by atoms with Gasteiger partial charge in [0.15, 0.2) is 0 Å². The maximum atomic E-state index is 10.8. The van der Waals surface area contributed by atoms with Crippen LogP contribution in [0.3, 0.4) is 0 Å². The second kappa shape index (κ2) is 13.3. The maximum Gasteiger partial charge on any atom is 0.303 e. The second-order valence-electron chi connectivity index (χ2n) is 8.72. The molecule has 1 unspecified atom stereocenters. The third kappa shape index (κ3) is 7.60. The first kappa shape index (κ1) is 26.8. The predicted molar refractivity (Wildman–Crippen MR) is 142 cm³/mol. The number of hydrogen-bond donors (Lipinski definition) is 1. The van der Waals surface area contributed by atoms with Gasteiger partial charge in [-0.3, -0.25) is 4.79 Å². The Kier molecular flexibility index (Phi) is 9.92. The molecule has 0 saturated heterocycles. The summed E-state index contributed by atoms with van der Waals surface area (Å²) in [5, 5.41) is 13.2. The highest BCUT2D eigenvalue weighted by atomic mass is 16.6. The summed E-state index contributed by atoms with van der Waals surface area (Å²) in [6, 6.07) is 21.9. The molecule has 0 bridgehead atoms. The Morgan fingerprint density at radius 3 is 2.50 bits per heavy atom. The van der Waals surface area contributed by atoms with Crippen molar-refractivity contribution in [3.63, 3.8) is 0 Å². The number of aliphatic carboxylic acids is 1. The summed E-state index contributed by atoms with van der Waals surface area (Å²) in [5.74, 6) is 0.726. The molecule has 3 aromatic carbocycles. The van der Waals surface area contributed by atoms with E-state index in [0.717, 1.165) is 45.9 Å². The van der Waals surface area contributed by atoms with Crippen LogP contribution in [0.4, 0.5) is 0 Å². The Bertz CT molecular complexity index is 1170. The van der Waals surface area contributed by atoms with E-state index in [9.17, 15) is 4.79 Å². The lowest BCUT2D eigenvalue weighted by atomic mass is 9.98. The summed E-state index contributed by atoms with van der Waals surface area (Å²) in [7, 11) is 1.55. The van der Waals surface area contributed by atoms with Crippen LogP contribution in [0.1, 0.15) is 54.5 Å². The van der Waals surface area contributed by atoms with E-state index in [-0.39, 0.29) is 12.5 Å². The van der Waals surface area contributed by atoms with Crippen LogP contribution < -0.4 is 9.47 Å². The Morgan fingerprint density at radius 2 is 1.83 bits per heavy atom. The third-order valence-electron chi connectivity index (χ3n) is 5.98. The van der Waals surface area contributed by atoms with Crippen LogP contribution in [0.2, 0.25) is 0 Å². The van der Waals surface area contributed by atoms with Crippen molar-refractivity contribution in [2.24, 2.45) is 5.16 Å². The van der Waals surface area contributed by atoms with Crippen molar-refractivity contribution in [2.75, 3.05) is 13.7 Å². The lowest BCUT2D eigenvalue weighted by Gasteiger charge is -2.19. The molecule has 0 radical (unpaired) electrons. The van der Waals surface area contributed by atoms with Gasteiger partial charge >= 0.3 is 5.97 Å². The minimum Gasteiger partial charge on any atom is -0.493 e. The van der Waals surface area contributed by atoms with Crippen LogP contribution in [-0.2, 0) is 22.5 Å². The zero-order chi connectivity index (χ0) is 25.9. The van der Waals surface area contributed by atoms with Gasteiger partial charge in [0.2, 0.25) is 0 Å². The van der Waals surface area contributed by atoms with Crippen LogP contribution in [0.5, 0.6) is 11.5 Å². The molecule has 0 aliphatic rings. The van der Waals surface area contributed by atoms with Crippen LogP contribution in [0.15, 0.2) is 71.9 Å². The van der Waals surface area contributed by atoms with Crippen molar-refractivity contribution in [1.29, 1.82) is 0 Å². The van der Waals surface area contributed by atoms with Gasteiger partial charge in [-0.25, -0.2) is 0 Å². The highest BCUT2D eigenvalue weighted by molar-refractivity contribution is 6.14. The smallest absolute Gasteiger partial charge is 0.303 e. The lowest BCUT2D eigenvalue weighted by molar-refractivity contribution is -0.136. The van der Waals surface area contributed by atoms with E-state index in [1.54, 1.807) is 7.11 Å². The third-order valence-corrected chi connectivity index (χ3v) is 5.98. The fraction of sp³-hybridized carbons (Fsp3) is 0.333. The number of carbonyl (C=O) groups is 1. The standard InChI is InChI=1S/C30H35NO5/c1-5-23-11-15-28(27(20-23)30(31-34-4)25-9-7-6-8-10-25)36-22(3)17-18-35-26-14-12-24(21(2)19-26)13-16-29(32)33/h6-12,14-15,19-20,22H,5,13,16-18H2,1-4H3,(H,32,33). The average molecular weight is 490 g/mol. The van der Waals surface area contributed by atoms with E-state index in [4.69, 9.17) is 19.4 Å². The van der Waals surface area contributed by atoms with Gasteiger partial charge in [-0.15, -0.1) is 0 Å². The van der Waals surface area contributed by atoms with Crippen molar-refractivity contribution < 1.29 is 24.2 Å². The molecule has 3 rings (SSSR count). The number of rotatable bonds is 13. The molecule has 1 atom stereocenters. The van der Waals surface area contributed by atoms with Gasteiger partial charge in [-0.1, -0.05) is 54.5 Å². The molecule has 0 aromatic heterocycles. The molecular formula is C30H35NO5. The van der Waals surface area contributed by atoms with Crippen molar-refractivity contribution in [1.82, 2.24) is 0 Å². The van der Waals surface area contributed by atoms with E-state index < -0.39 is 5.97 Å². The van der Waals surface area contributed by atoms with Gasteiger partial charge in [0.1, 0.15) is 24.3 Å². The quantitative estimate of drug-likeness (QED) is 0.228. The normalized spacial score (nSPS) is 12.2. The van der Waals surface area contributed by atoms with E-state index in [1.165, 1.54) is 5.56 Å². The molecule has 0 fully saturated rings. The van der Waals surface area contributed by atoms with Crippen molar-refractivity contribution in [3.8, 4) is 11.5 Å². The summed E-state index contributed by atoms with van der Waals surface area (Å²) in [4.78, 5) is 16.0. The molecule has 0 amide bonds. The largest absolute Gasteiger partial charge is 0.493 e. The summed E-state index contributed by atoms with van der Waals surface area (Å²) in [5.41, 5.74) is 5.82. The van der Waals surface area contributed by atoms with Crippen molar-refractivity contribution >= 4 is 11.7 Å². The Balaban J connectivity index is 1.67. The number of nitrogens with zero attached hydrogens (tertiary/aromatic N) is 1. The fourth-order valence-electron chi connectivity index (χ4n) is 3.93. The topological polar surface area (TPSA) is 77.4 Å². The van der Waals surface area contributed by atoms with Gasteiger partial charge in [0.25, 0.3) is 0 Å². The molecule has 6 nitrogen and oxygen atoms in total. The molecular weight excluding hydrogens is 454 g/mol. The molecule has 6 heteroatoms. The van der Waals surface area contributed by atoms with Gasteiger partial charge in [0.05, 0.1) is 12.7 Å². The summed E-state index contributed by atoms with van der Waals surface area (Å²) < 4.78 is 12.3. The molecule has 0 aliphatic heterocycles. The highest BCUT2D eigenvalue weighted by Crippen LogP contribution is 2.26. The highest BCUT2D eigenvalue weighted by Gasteiger charge is 2.17. The summed E-state index contributed by atoms with van der Waals surface area (Å²) in [6.07, 6.45) is 2.14. The van der Waals surface area contributed by atoms with Gasteiger partial charge < -0.3 is 19.4 Å². The molecule has 0 aliphatic carbocycles. The van der Waals surface area contributed by atoms with Gasteiger partial charge in [-0.05, 0) is 67.6 Å². The van der Waals surface area contributed by atoms with Gasteiger partial charge in [-0.2, -0.15) is 0 Å². The van der Waals surface area contributed by atoms with Gasteiger partial charge in [0, 0.05) is 24.0 Å². The summed E-state index contributed by atoms with van der Waals surface area (Å²) in [6.45, 7) is 6.62. The predicted octanol–water partition coefficient (Wildman–Crippen LogP) is 6.21.